The minimum absolute atomic E-state index is 0. The summed E-state index contributed by atoms with van der Waals surface area (Å²) in [7, 11) is 0. The number of hydrogen-bond acceptors (Lipinski definition) is 1. The third kappa shape index (κ3) is 28.8. The average Bonchev–Trinajstić information content (AvgIpc) is 2.53. The van der Waals surface area contributed by atoms with Crippen molar-refractivity contribution < 1.29 is 0 Å². The van der Waals surface area contributed by atoms with Gasteiger partial charge in [0.05, 0.1) is 0 Å². The lowest BCUT2D eigenvalue weighted by molar-refractivity contribution is 0.530. The first-order chi connectivity index (χ1) is 11.3. The van der Waals surface area contributed by atoms with E-state index in [1.54, 1.807) is 0 Å². The monoisotopic (exact) mass is 373 g/mol. The molecule has 25 heavy (non-hydrogen) atoms. The normalized spacial score (nSPS) is 9.72. The second-order valence-corrected chi connectivity index (χ2v) is 7.44. The molecule has 0 heterocycles. The molecule has 0 atom stereocenters. The quantitative estimate of drug-likeness (QED) is 0.200. The van der Waals surface area contributed by atoms with Crippen molar-refractivity contribution in [1.82, 2.24) is 6.15 Å². The maximum atomic E-state index is 3.29. The third-order valence-corrected chi connectivity index (χ3v) is 4.59. The molecule has 1 nitrogen and oxygen atoms in total. The molecule has 0 rings (SSSR count). The Kier molecular flexibility index (Phi) is 30.7. The van der Waals surface area contributed by atoms with E-state index in [2.05, 4.69) is 32.6 Å². The van der Waals surface area contributed by atoms with Crippen LogP contribution in [0.25, 0.3) is 0 Å². The molecule has 0 spiro atoms. The number of hydrogen-bond donors (Lipinski definition) is 1. The van der Waals surface area contributed by atoms with Gasteiger partial charge in [0.25, 0.3) is 0 Å². The van der Waals surface area contributed by atoms with Gasteiger partial charge in [-0.25, -0.2) is 0 Å². The Morgan fingerprint density at radius 2 is 0.920 bits per heavy atom. The van der Waals surface area contributed by atoms with Gasteiger partial charge in [-0.2, -0.15) is 0 Å². The third-order valence-electron chi connectivity index (χ3n) is 4.59. The maximum absolute atomic E-state index is 3.29. The molecule has 3 N–H and O–H groups in total. The molecule has 0 aromatic carbocycles. The van der Waals surface area contributed by atoms with E-state index in [0.717, 1.165) is 0 Å². The first-order valence-electron chi connectivity index (χ1n) is 10.7. The van der Waals surface area contributed by atoms with Crippen LogP contribution in [-0.4, -0.2) is 0 Å². The minimum atomic E-state index is 0. The van der Waals surface area contributed by atoms with Crippen molar-refractivity contribution in [3.8, 4) is 0 Å². The van der Waals surface area contributed by atoms with Crippen molar-refractivity contribution in [1.29, 1.82) is 0 Å². The van der Waals surface area contributed by atoms with Gasteiger partial charge in [0.1, 0.15) is 0 Å². The number of rotatable bonds is 17. The lowest BCUT2D eigenvalue weighted by atomic mass is 10.0. The lowest BCUT2D eigenvalue weighted by Gasteiger charge is -2.03. The summed E-state index contributed by atoms with van der Waals surface area (Å²) in [6, 6.07) is 0. The SMILES string of the molecule is CCCCCCCCCCCCCCCCCCC=C=C(C)C.Cl.N. The van der Waals surface area contributed by atoms with Gasteiger partial charge >= 0.3 is 0 Å². The van der Waals surface area contributed by atoms with Gasteiger partial charge in [-0.3, -0.25) is 0 Å². The van der Waals surface area contributed by atoms with E-state index in [-0.39, 0.29) is 18.6 Å². The molecule has 0 aliphatic carbocycles. The Bertz CT molecular complexity index is 288. The van der Waals surface area contributed by atoms with Crippen molar-refractivity contribution in [2.24, 2.45) is 0 Å². The molecule has 0 aromatic rings. The zero-order valence-corrected chi connectivity index (χ0v) is 18.5. The van der Waals surface area contributed by atoms with Gasteiger partial charge in [0.15, 0.2) is 0 Å². The van der Waals surface area contributed by atoms with Crippen molar-refractivity contribution in [3.05, 3.63) is 17.4 Å². The molecule has 0 fully saturated rings. The van der Waals surface area contributed by atoms with Crippen molar-refractivity contribution in [2.75, 3.05) is 0 Å². The molecular weight excluding hydrogens is 326 g/mol. The average molecular weight is 374 g/mol. The van der Waals surface area contributed by atoms with Crippen LogP contribution in [-0.2, 0) is 0 Å². The molecule has 2 heteroatoms. The van der Waals surface area contributed by atoms with Gasteiger partial charge in [0.2, 0.25) is 0 Å². The summed E-state index contributed by atoms with van der Waals surface area (Å²) in [6.07, 6.45) is 26.6. The summed E-state index contributed by atoms with van der Waals surface area (Å²) in [5.41, 5.74) is 4.58. The Morgan fingerprint density at radius 1 is 0.600 bits per heavy atom. The summed E-state index contributed by atoms with van der Waals surface area (Å²) < 4.78 is 0. The summed E-state index contributed by atoms with van der Waals surface area (Å²) >= 11 is 0. The van der Waals surface area contributed by atoms with Crippen molar-refractivity contribution in [2.45, 2.75) is 130 Å². The molecule has 0 unspecified atom stereocenters. The van der Waals surface area contributed by atoms with Crippen LogP contribution in [0.4, 0.5) is 0 Å². The standard InChI is InChI=1S/C23H44.ClH.H3N/c1-4-5-6-7-8-9-10-11-12-13-14-15-16-17-18-19-20-21-22-23(2)3;;/h21H,4-20H2,1-3H3;1H;1H3. The molecule has 0 amide bonds. The van der Waals surface area contributed by atoms with Crippen LogP contribution in [0.2, 0.25) is 0 Å². The van der Waals surface area contributed by atoms with Crippen LogP contribution in [0, 0.1) is 0 Å². The predicted octanol–water partition coefficient (Wildman–Crippen LogP) is 9.34. The predicted molar refractivity (Wildman–Crippen MR) is 119 cm³/mol. The fraction of sp³-hybridized carbons (Fsp3) is 0.870. The van der Waals surface area contributed by atoms with Crippen LogP contribution >= 0.6 is 12.4 Å². The van der Waals surface area contributed by atoms with Gasteiger partial charge in [-0.15, -0.1) is 18.1 Å². The largest absolute Gasteiger partial charge is 0.344 e. The Morgan fingerprint density at radius 3 is 1.24 bits per heavy atom. The molecule has 0 aliphatic rings. The van der Waals surface area contributed by atoms with Crippen LogP contribution in [0.3, 0.4) is 0 Å². The molecule has 152 valence electrons. The van der Waals surface area contributed by atoms with E-state index in [9.17, 15) is 0 Å². The van der Waals surface area contributed by atoms with E-state index in [0.29, 0.717) is 0 Å². The number of unbranched alkanes of at least 4 members (excludes halogenated alkanes) is 16. The zero-order chi connectivity index (χ0) is 17.0. The smallest absolute Gasteiger partial charge is 0.0274 e. The molecule has 0 saturated heterocycles. The van der Waals surface area contributed by atoms with Gasteiger partial charge in [-0.1, -0.05) is 103 Å². The molecular formula is C23H48ClN. The van der Waals surface area contributed by atoms with E-state index in [4.69, 9.17) is 0 Å². The van der Waals surface area contributed by atoms with E-state index >= 15 is 0 Å². The highest BCUT2D eigenvalue weighted by Crippen LogP contribution is 2.14. The maximum Gasteiger partial charge on any atom is -0.0274 e. The molecule has 0 bridgehead atoms. The minimum Gasteiger partial charge on any atom is -0.344 e. The fourth-order valence-corrected chi connectivity index (χ4v) is 3.07. The zero-order valence-electron chi connectivity index (χ0n) is 17.7. The van der Waals surface area contributed by atoms with Gasteiger partial charge in [0, 0.05) is 0 Å². The summed E-state index contributed by atoms with van der Waals surface area (Å²) in [5.74, 6) is 0. The van der Waals surface area contributed by atoms with Crippen LogP contribution < -0.4 is 6.15 Å². The van der Waals surface area contributed by atoms with E-state index in [1.807, 2.05) is 0 Å². The van der Waals surface area contributed by atoms with E-state index in [1.165, 1.54) is 115 Å². The topological polar surface area (TPSA) is 35.0 Å². The lowest BCUT2D eigenvalue weighted by Crippen LogP contribution is -1.83. The Labute approximate surface area is 166 Å². The molecule has 0 aromatic heterocycles. The summed E-state index contributed by atoms with van der Waals surface area (Å²) in [4.78, 5) is 0. The van der Waals surface area contributed by atoms with Gasteiger partial charge < -0.3 is 6.15 Å². The van der Waals surface area contributed by atoms with Gasteiger partial charge in [-0.05, 0) is 38.3 Å². The molecule has 0 radical (unpaired) electrons. The second kappa shape index (κ2) is 26.0. The highest BCUT2D eigenvalue weighted by atomic mass is 35.5. The van der Waals surface area contributed by atoms with Crippen LogP contribution in [0.1, 0.15) is 130 Å². The highest BCUT2D eigenvalue weighted by molar-refractivity contribution is 5.85. The Hall–Kier alpha value is -0.230. The molecule has 0 saturated carbocycles. The van der Waals surface area contributed by atoms with Crippen LogP contribution in [0.15, 0.2) is 17.4 Å². The fourth-order valence-electron chi connectivity index (χ4n) is 3.07. The van der Waals surface area contributed by atoms with Crippen LogP contribution in [0.5, 0.6) is 0 Å². The number of allylic oxidation sites excluding steroid dienone is 1. The van der Waals surface area contributed by atoms with Crippen molar-refractivity contribution in [3.63, 3.8) is 0 Å². The summed E-state index contributed by atoms with van der Waals surface area (Å²) in [5, 5.41) is 0. The van der Waals surface area contributed by atoms with E-state index < -0.39 is 0 Å². The van der Waals surface area contributed by atoms with Crippen molar-refractivity contribution >= 4 is 12.4 Å². The number of halogens is 1. The second-order valence-electron chi connectivity index (χ2n) is 7.44. The molecule has 0 aliphatic heterocycles. The first kappa shape index (κ1) is 29.5. The Balaban J connectivity index is -0.00000242. The summed E-state index contributed by atoms with van der Waals surface area (Å²) in [6.45, 7) is 6.53. The first-order valence-corrected chi connectivity index (χ1v) is 10.7. The highest BCUT2D eigenvalue weighted by Gasteiger charge is 1.94.